The van der Waals surface area contributed by atoms with Crippen LogP contribution in [0.15, 0.2) is 39.3 Å². The maximum absolute atomic E-state index is 12.6. The number of rotatable bonds is 7. The van der Waals surface area contributed by atoms with Gasteiger partial charge in [-0.05, 0) is 32.4 Å². The fourth-order valence-corrected chi connectivity index (χ4v) is 4.50. The zero-order valence-corrected chi connectivity index (χ0v) is 18.5. The van der Waals surface area contributed by atoms with Gasteiger partial charge in [0.05, 0.1) is 40.5 Å². The van der Waals surface area contributed by atoms with Crippen molar-refractivity contribution in [2.45, 2.75) is 38.2 Å². The van der Waals surface area contributed by atoms with E-state index in [4.69, 9.17) is 14.1 Å². The van der Waals surface area contributed by atoms with Gasteiger partial charge in [-0.1, -0.05) is 30.0 Å². The highest BCUT2D eigenvalue weighted by Gasteiger charge is 2.21. The molecule has 0 amide bonds. The molecule has 0 saturated carbocycles. The summed E-state index contributed by atoms with van der Waals surface area (Å²) in [5.74, 6) is 0.558. The smallest absolute Gasteiger partial charge is 0.340 e. The van der Waals surface area contributed by atoms with Crippen LogP contribution in [0, 0.1) is 13.8 Å². The number of hydrogen-bond donors (Lipinski definition) is 0. The van der Waals surface area contributed by atoms with E-state index < -0.39 is 0 Å². The van der Waals surface area contributed by atoms with Crippen LogP contribution in [0.25, 0.3) is 10.9 Å². The molecule has 3 heterocycles. The van der Waals surface area contributed by atoms with Crippen molar-refractivity contribution in [3.05, 3.63) is 63.1 Å². The molecule has 4 rings (SSSR count). The van der Waals surface area contributed by atoms with E-state index in [0.717, 1.165) is 27.2 Å². The van der Waals surface area contributed by atoms with Gasteiger partial charge in [-0.2, -0.15) is 0 Å². The van der Waals surface area contributed by atoms with E-state index in [-0.39, 0.29) is 5.97 Å². The predicted molar refractivity (Wildman–Crippen MR) is 116 cm³/mol. The van der Waals surface area contributed by atoms with Crippen molar-refractivity contribution in [2.24, 2.45) is 0 Å². The molecule has 7 nitrogen and oxygen atoms in total. The summed E-state index contributed by atoms with van der Waals surface area (Å²) in [4.78, 5) is 21.8. The van der Waals surface area contributed by atoms with Gasteiger partial charge in [0.1, 0.15) is 0 Å². The fourth-order valence-electron chi connectivity index (χ4n) is 3.16. The molecule has 0 radical (unpaired) electrons. The Morgan fingerprint density at radius 2 is 2.03 bits per heavy atom. The number of nitrogens with zero attached hydrogens (tertiary/aromatic N) is 4. The van der Waals surface area contributed by atoms with E-state index in [1.165, 1.54) is 11.8 Å². The van der Waals surface area contributed by atoms with Crippen molar-refractivity contribution in [3.8, 4) is 0 Å². The second-order valence-corrected chi connectivity index (χ2v) is 8.57. The lowest BCUT2D eigenvalue weighted by Crippen LogP contribution is -2.12. The first kappa shape index (κ1) is 20.5. The Labute approximate surface area is 181 Å². The number of aryl methyl sites for hydroxylation is 2. The van der Waals surface area contributed by atoms with Crippen LogP contribution in [-0.2, 0) is 16.9 Å². The van der Waals surface area contributed by atoms with Gasteiger partial charge < -0.3 is 9.15 Å². The molecule has 30 heavy (non-hydrogen) atoms. The second-order valence-electron chi connectivity index (χ2n) is 6.58. The van der Waals surface area contributed by atoms with Gasteiger partial charge in [-0.3, -0.25) is 4.98 Å². The van der Waals surface area contributed by atoms with Crippen molar-refractivity contribution in [3.63, 3.8) is 0 Å². The lowest BCUT2D eigenvalue weighted by atomic mass is 10.0. The molecule has 0 saturated heterocycles. The van der Waals surface area contributed by atoms with E-state index in [0.29, 0.717) is 41.2 Å². The molecule has 0 N–H and O–H groups in total. The summed E-state index contributed by atoms with van der Waals surface area (Å²) in [5.41, 5.74) is 3.75. The summed E-state index contributed by atoms with van der Waals surface area (Å²) in [7, 11) is 0. The van der Waals surface area contributed by atoms with Crippen LogP contribution in [0.5, 0.6) is 0 Å². The number of esters is 1. The molecular weight excluding hydrogens is 420 g/mol. The van der Waals surface area contributed by atoms with Crippen molar-refractivity contribution < 1.29 is 13.9 Å². The molecule has 154 valence electrons. The van der Waals surface area contributed by atoms with Gasteiger partial charge >= 0.3 is 5.97 Å². The third-order valence-corrected chi connectivity index (χ3v) is 6.14. The number of thiazole rings is 1. The van der Waals surface area contributed by atoms with Crippen LogP contribution < -0.4 is 0 Å². The van der Waals surface area contributed by atoms with Crippen LogP contribution in [0.4, 0.5) is 0 Å². The molecule has 9 heteroatoms. The van der Waals surface area contributed by atoms with E-state index in [9.17, 15) is 4.79 Å². The molecule has 0 atom stereocenters. The van der Waals surface area contributed by atoms with E-state index in [1.54, 1.807) is 18.3 Å². The third-order valence-electron chi connectivity index (χ3n) is 4.49. The zero-order valence-electron chi connectivity index (χ0n) is 16.8. The molecule has 0 unspecified atom stereocenters. The van der Waals surface area contributed by atoms with E-state index in [2.05, 4.69) is 15.2 Å². The summed E-state index contributed by atoms with van der Waals surface area (Å²) in [5, 5.41) is 12.6. The van der Waals surface area contributed by atoms with Crippen molar-refractivity contribution in [2.75, 3.05) is 6.61 Å². The standard InChI is InChI=1S/C21H20N4O3S2/c1-4-27-20(26)19-12(2)15-7-5-6-8-16(15)23-17(19)11-30-21-25-24-18(28-21)9-14-10-29-13(3)22-14/h5-8,10H,4,9,11H2,1-3H3. The summed E-state index contributed by atoms with van der Waals surface area (Å²) >= 11 is 2.94. The number of para-hydroxylation sites is 1. The van der Waals surface area contributed by atoms with Gasteiger partial charge in [-0.25, -0.2) is 9.78 Å². The summed E-state index contributed by atoms with van der Waals surface area (Å²) < 4.78 is 11.0. The third kappa shape index (κ3) is 4.36. The number of thioether (sulfide) groups is 1. The van der Waals surface area contributed by atoms with Crippen molar-refractivity contribution in [1.82, 2.24) is 20.2 Å². The second kappa shape index (κ2) is 8.93. The summed E-state index contributed by atoms with van der Waals surface area (Å²) in [6, 6.07) is 7.76. The summed E-state index contributed by atoms with van der Waals surface area (Å²) in [6.07, 6.45) is 0.499. The largest absolute Gasteiger partial charge is 0.462 e. The monoisotopic (exact) mass is 440 g/mol. The average Bonchev–Trinajstić information content (AvgIpc) is 3.35. The Kier molecular flexibility index (Phi) is 6.10. The van der Waals surface area contributed by atoms with Crippen LogP contribution in [0.2, 0.25) is 0 Å². The lowest BCUT2D eigenvalue weighted by Gasteiger charge is -2.13. The molecule has 0 spiro atoms. The normalized spacial score (nSPS) is 11.2. The molecule has 0 aliphatic carbocycles. The lowest BCUT2D eigenvalue weighted by molar-refractivity contribution is 0.0524. The molecule has 0 aliphatic rings. The van der Waals surface area contributed by atoms with Gasteiger partial charge in [0.25, 0.3) is 5.22 Å². The molecule has 3 aromatic heterocycles. The van der Waals surface area contributed by atoms with Gasteiger partial charge in [0.2, 0.25) is 5.89 Å². The molecule has 0 bridgehead atoms. The number of hydrogen-bond acceptors (Lipinski definition) is 9. The first-order valence-electron chi connectivity index (χ1n) is 9.46. The number of pyridine rings is 1. The SMILES string of the molecule is CCOC(=O)c1c(CSc2nnc(Cc3csc(C)n3)o2)nc2ccccc2c1C. The Morgan fingerprint density at radius 3 is 2.80 bits per heavy atom. The Hall–Kier alpha value is -2.78. The number of carbonyl (C=O) groups excluding carboxylic acids is 1. The molecule has 0 aliphatic heterocycles. The topological polar surface area (TPSA) is 91.0 Å². The van der Waals surface area contributed by atoms with Crippen molar-refractivity contribution in [1.29, 1.82) is 0 Å². The van der Waals surface area contributed by atoms with E-state index in [1.807, 2.05) is 43.5 Å². The number of ether oxygens (including phenoxy) is 1. The summed E-state index contributed by atoms with van der Waals surface area (Å²) in [6.45, 7) is 5.98. The van der Waals surface area contributed by atoms with Gasteiger partial charge in [0, 0.05) is 16.5 Å². The predicted octanol–water partition coefficient (Wildman–Crippen LogP) is 4.75. The molecule has 4 aromatic rings. The molecule has 0 fully saturated rings. The number of fused-ring (bicyclic) bond motifs is 1. The number of benzene rings is 1. The highest BCUT2D eigenvalue weighted by molar-refractivity contribution is 7.98. The quantitative estimate of drug-likeness (QED) is 0.300. The first-order valence-corrected chi connectivity index (χ1v) is 11.3. The van der Waals surface area contributed by atoms with Gasteiger partial charge in [0.15, 0.2) is 0 Å². The highest BCUT2D eigenvalue weighted by Crippen LogP contribution is 2.29. The molecule has 1 aromatic carbocycles. The van der Waals surface area contributed by atoms with Crippen molar-refractivity contribution >= 4 is 40.0 Å². The highest BCUT2D eigenvalue weighted by atomic mass is 32.2. The number of carbonyl (C=O) groups is 1. The van der Waals surface area contributed by atoms with Gasteiger partial charge in [-0.15, -0.1) is 21.5 Å². The van der Waals surface area contributed by atoms with E-state index >= 15 is 0 Å². The maximum Gasteiger partial charge on any atom is 0.340 e. The maximum atomic E-state index is 12.6. The minimum Gasteiger partial charge on any atom is -0.462 e. The van der Waals surface area contributed by atoms with Crippen LogP contribution in [0.1, 0.15) is 45.1 Å². The fraction of sp³-hybridized carbons (Fsp3) is 0.286. The zero-order chi connectivity index (χ0) is 21.1. The first-order chi connectivity index (χ1) is 14.5. The Bertz CT molecular complexity index is 1200. The average molecular weight is 441 g/mol. The minimum absolute atomic E-state index is 0.306. The minimum atomic E-state index is -0.367. The van der Waals surface area contributed by atoms with Crippen LogP contribution in [-0.4, -0.2) is 32.7 Å². The van der Waals surface area contributed by atoms with Crippen LogP contribution >= 0.6 is 23.1 Å². The number of aromatic nitrogens is 4. The molecular formula is C21H20N4O3S2. The Morgan fingerprint density at radius 1 is 1.20 bits per heavy atom. The Balaban J connectivity index is 1.57. The van der Waals surface area contributed by atoms with Crippen LogP contribution in [0.3, 0.4) is 0 Å².